The van der Waals surface area contributed by atoms with Crippen molar-refractivity contribution in [3.63, 3.8) is 0 Å². The molecule has 0 unspecified atom stereocenters. The van der Waals surface area contributed by atoms with Crippen LogP contribution >= 0.6 is 0 Å². The van der Waals surface area contributed by atoms with Gasteiger partial charge >= 0.3 is 0 Å². The molecule has 1 aliphatic rings. The van der Waals surface area contributed by atoms with Crippen molar-refractivity contribution in [2.45, 2.75) is 51.4 Å². The van der Waals surface area contributed by atoms with Crippen LogP contribution in [0.2, 0.25) is 0 Å². The average Bonchev–Trinajstić information content (AvgIpc) is 2.54. The lowest BCUT2D eigenvalue weighted by Crippen LogP contribution is -2.13. The summed E-state index contributed by atoms with van der Waals surface area (Å²) in [6.45, 7) is 2.17. The monoisotopic (exact) mass is 350 g/mol. The van der Waals surface area contributed by atoms with Crippen molar-refractivity contribution < 1.29 is 17.6 Å². The maximum Gasteiger partial charge on any atom is 0.134 e. The summed E-state index contributed by atoms with van der Waals surface area (Å²) in [5, 5.41) is 0. The van der Waals surface area contributed by atoms with E-state index in [1.54, 1.807) is 0 Å². The van der Waals surface area contributed by atoms with Crippen LogP contribution < -0.4 is 0 Å². The van der Waals surface area contributed by atoms with Crippen LogP contribution in [-0.2, 0) is 0 Å². The summed E-state index contributed by atoms with van der Waals surface area (Å²) >= 11 is 0. The number of hydrogen-bond donors (Lipinski definition) is 0. The van der Waals surface area contributed by atoms with Crippen LogP contribution in [0.3, 0.4) is 0 Å². The van der Waals surface area contributed by atoms with Gasteiger partial charge in [0.05, 0.1) is 5.56 Å². The average molecular weight is 350 g/mol. The van der Waals surface area contributed by atoms with Gasteiger partial charge in [0, 0.05) is 6.07 Å². The molecule has 0 saturated heterocycles. The summed E-state index contributed by atoms with van der Waals surface area (Å²) in [4.78, 5) is 0. The maximum absolute atomic E-state index is 14.5. The molecule has 1 saturated carbocycles. The van der Waals surface area contributed by atoms with Gasteiger partial charge in [0.15, 0.2) is 0 Å². The molecule has 2 aromatic carbocycles. The smallest absolute Gasteiger partial charge is 0.134 e. The molecule has 134 valence electrons. The minimum atomic E-state index is -0.855. The van der Waals surface area contributed by atoms with Crippen LogP contribution in [0.25, 0.3) is 11.1 Å². The molecule has 4 heteroatoms. The lowest BCUT2D eigenvalue weighted by Gasteiger charge is -2.29. The Labute approximate surface area is 145 Å². The third-order valence-corrected chi connectivity index (χ3v) is 5.23. The largest absolute Gasteiger partial charge is 0.207 e. The van der Waals surface area contributed by atoms with E-state index in [0.29, 0.717) is 17.5 Å². The molecule has 0 heterocycles. The summed E-state index contributed by atoms with van der Waals surface area (Å²) in [6.07, 6.45) is 6.39. The highest BCUT2D eigenvalue weighted by atomic mass is 19.1. The van der Waals surface area contributed by atoms with Crippen LogP contribution in [0.5, 0.6) is 0 Å². The Balaban J connectivity index is 1.86. The Morgan fingerprint density at radius 2 is 1.36 bits per heavy atom. The lowest BCUT2D eigenvalue weighted by molar-refractivity contribution is 0.307. The Bertz CT molecular complexity index is 702. The highest BCUT2D eigenvalue weighted by Gasteiger charge is 2.24. The van der Waals surface area contributed by atoms with Crippen LogP contribution in [0, 0.1) is 29.2 Å². The van der Waals surface area contributed by atoms with E-state index in [-0.39, 0.29) is 17.0 Å². The number of rotatable bonds is 4. The van der Waals surface area contributed by atoms with Crippen LogP contribution in [-0.4, -0.2) is 0 Å². The first kappa shape index (κ1) is 18.0. The van der Waals surface area contributed by atoms with Gasteiger partial charge in [-0.15, -0.1) is 0 Å². The highest BCUT2D eigenvalue weighted by molar-refractivity contribution is 5.65. The third kappa shape index (κ3) is 4.05. The molecule has 0 aliphatic heterocycles. The first-order valence-electron chi connectivity index (χ1n) is 8.93. The van der Waals surface area contributed by atoms with E-state index in [1.807, 2.05) is 0 Å². The van der Waals surface area contributed by atoms with E-state index in [1.165, 1.54) is 18.6 Å². The first-order chi connectivity index (χ1) is 12.0. The molecule has 0 atom stereocenters. The molecule has 1 aliphatic carbocycles. The highest BCUT2D eigenvalue weighted by Crippen LogP contribution is 2.39. The fourth-order valence-electron chi connectivity index (χ4n) is 4.00. The standard InChI is InChI=1S/C21H22F4/c1-2-3-13-4-6-14(7-5-13)15-10-19(24)21(20(25)11-15)16-8-17(22)12-18(23)9-16/h8-14H,2-7H2,1H3. The van der Waals surface area contributed by atoms with Crippen LogP contribution in [0.15, 0.2) is 30.3 Å². The molecule has 0 radical (unpaired) electrons. The van der Waals surface area contributed by atoms with E-state index >= 15 is 0 Å². The lowest BCUT2D eigenvalue weighted by atomic mass is 9.77. The van der Waals surface area contributed by atoms with Crippen molar-refractivity contribution in [2.24, 2.45) is 5.92 Å². The maximum atomic E-state index is 14.5. The second-order valence-electron chi connectivity index (χ2n) is 7.02. The Hall–Kier alpha value is -1.84. The molecule has 1 fully saturated rings. The SMILES string of the molecule is CCCC1CCC(c2cc(F)c(-c3cc(F)cc(F)c3)c(F)c2)CC1. The molecule has 2 aromatic rings. The van der Waals surface area contributed by atoms with Crippen molar-refractivity contribution in [2.75, 3.05) is 0 Å². The molecule has 0 N–H and O–H groups in total. The molecular weight excluding hydrogens is 328 g/mol. The van der Waals surface area contributed by atoms with Gasteiger partial charge in [-0.25, -0.2) is 17.6 Å². The van der Waals surface area contributed by atoms with Crippen molar-refractivity contribution >= 4 is 0 Å². The summed E-state index contributed by atoms with van der Waals surface area (Å²) in [5.41, 5.74) is 0.151. The Kier molecular flexibility index (Phi) is 5.45. The zero-order valence-electron chi connectivity index (χ0n) is 14.3. The van der Waals surface area contributed by atoms with Gasteiger partial charge in [-0.05, 0) is 72.9 Å². The van der Waals surface area contributed by atoms with Gasteiger partial charge in [0.25, 0.3) is 0 Å². The van der Waals surface area contributed by atoms with E-state index in [4.69, 9.17) is 0 Å². The second-order valence-corrected chi connectivity index (χ2v) is 7.02. The summed E-state index contributed by atoms with van der Waals surface area (Å²) in [5.74, 6) is -2.38. The van der Waals surface area contributed by atoms with Crippen LogP contribution in [0.1, 0.15) is 56.9 Å². The molecule has 3 rings (SSSR count). The van der Waals surface area contributed by atoms with Gasteiger partial charge in [-0.2, -0.15) is 0 Å². The third-order valence-electron chi connectivity index (χ3n) is 5.23. The number of benzene rings is 2. The van der Waals surface area contributed by atoms with Crippen molar-refractivity contribution in [1.82, 2.24) is 0 Å². The van der Waals surface area contributed by atoms with Gasteiger partial charge in [0.2, 0.25) is 0 Å². The minimum Gasteiger partial charge on any atom is -0.207 e. The van der Waals surface area contributed by atoms with Gasteiger partial charge < -0.3 is 0 Å². The quantitative estimate of drug-likeness (QED) is 0.522. The summed E-state index contributed by atoms with van der Waals surface area (Å²) < 4.78 is 55.8. The molecule has 0 spiro atoms. The molecule has 0 aromatic heterocycles. The predicted molar refractivity (Wildman–Crippen MR) is 91.3 cm³/mol. The van der Waals surface area contributed by atoms with Crippen LogP contribution in [0.4, 0.5) is 17.6 Å². The van der Waals surface area contributed by atoms with Crippen molar-refractivity contribution in [1.29, 1.82) is 0 Å². The molecular formula is C21H22F4. The van der Waals surface area contributed by atoms with Gasteiger partial charge in [-0.3, -0.25) is 0 Å². The number of halogens is 4. The van der Waals surface area contributed by atoms with Gasteiger partial charge in [0.1, 0.15) is 23.3 Å². The summed E-state index contributed by atoms with van der Waals surface area (Å²) in [6, 6.07) is 5.22. The summed E-state index contributed by atoms with van der Waals surface area (Å²) in [7, 11) is 0. The molecule has 0 bridgehead atoms. The zero-order valence-corrected chi connectivity index (χ0v) is 14.3. The van der Waals surface area contributed by atoms with Gasteiger partial charge in [-0.1, -0.05) is 19.8 Å². The Morgan fingerprint density at radius 1 is 0.800 bits per heavy atom. The van der Waals surface area contributed by atoms with E-state index in [2.05, 4.69) is 6.92 Å². The van der Waals surface area contributed by atoms with Crippen molar-refractivity contribution in [3.8, 4) is 11.1 Å². The molecule has 0 nitrogen and oxygen atoms in total. The minimum absolute atomic E-state index is 0.120. The van der Waals surface area contributed by atoms with E-state index < -0.39 is 23.3 Å². The fourth-order valence-corrected chi connectivity index (χ4v) is 4.00. The first-order valence-corrected chi connectivity index (χ1v) is 8.93. The van der Waals surface area contributed by atoms with Crippen molar-refractivity contribution in [3.05, 3.63) is 59.2 Å². The fraction of sp³-hybridized carbons (Fsp3) is 0.429. The topological polar surface area (TPSA) is 0 Å². The molecule has 25 heavy (non-hydrogen) atoms. The van der Waals surface area contributed by atoms with E-state index in [9.17, 15) is 17.6 Å². The second kappa shape index (κ2) is 7.59. The zero-order chi connectivity index (χ0) is 18.0. The van der Waals surface area contributed by atoms with E-state index in [0.717, 1.165) is 44.2 Å². The Morgan fingerprint density at radius 3 is 1.88 bits per heavy atom. The number of hydrogen-bond acceptors (Lipinski definition) is 0. The predicted octanol–water partition coefficient (Wildman–Crippen LogP) is 6.98. The normalized spacial score (nSPS) is 20.7. The molecule has 0 amide bonds.